The summed E-state index contributed by atoms with van der Waals surface area (Å²) >= 11 is 1.43. The molecule has 1 aliphatic rings. The van der Waals surface area contributed by atoms with Gasteiger partial charge in [0.05, 0.1) is 18.8 Å². The number of hydrogen-bond acceptors (Lipinski definition) is 6. The van der Waals surface area contributed by atoms with Crippen LogP contribution in [-0.4, -0.2) is 30.0 Å². The molecule has 1 saturated heterocycles. The van der Waals surface area contributed by atoms with Gasteiger partial charge in [0.2, 0.25) is 0 Å². The van der Waals surface area contributed by atoms with Gasteiger partial charge < -0.3 is 14.6 Å². The highest BCUT2D eigenvalue weighted by Crippen LogP contribution is 2.44. The Kier molecular flexibility index (Phi) is 7.22. The molecule has 0 saturated carbocycles. The summed E-state index contributed by atoms with van der Waals surface area (Å²) in [5.41, 5.74) is 1.74. The van der Waals surface area contributed by atoms with Gasteiger partial charge in [0, 0.05) is 21.7 Å². The van der Waals surface area contributed by atoms with E-state index in [0.717, 1.165) is 16.2 Å². The van der Waals surface area contributed by atoms with Gasteiger partial charge in [-0.1, -0.05) is 26.8 Å². The van der Waals surface area contributed by atoms with Gasteiger partial charge in [-0.2, -0.15) is 0 Å². The number of amides is 1. The number of carbonyl (C=O) groups is 2. The van der Waals surface area contributed by atoms with Gasteiger partial charge in [0.1, 0.15) is 23.3 Å². The fourth-order valence-electron chi connectivity index (χ4n) is 4.38. The number of nitrogens with zero attached hydrogens (tertiary/aromatic N) is 1. The van der Waals surface area contributed by atoms with Crippen LogP contribution in [-0.2, 0) is 15.0 Å². The molecule has 1 unspecified atom stereocenters. The summed E-state index contributed by atoms with van der Waals surface area (Å²) in [5.74, 6) is -0.193. The van der Waals surface area contributed by atoms with Crippen molar-refractivity contribution in [3.05, 3.63) is 81.6 Å². The number of carbonyl (C=O) groups excluding carboxylic acids is 2. The third-order valence-corrected chi connectivity index (χ3v) is 6.97. The van der Waals surface area contributed by atoms with Crippen LogP contribution >= 0.6 is 11.3 Å². The van der Waals surface area contributed by atoms with Crippen LogP contribution in [0.2, 0.25) is 0 Å². The second-order valence-corrected chi connectivity index (χ2v) is 10.5. The van der Waals surface area contributed by atoms with Crippen molar-refractivity contribution in [2.24, 2.45) is 0 Å². The molecule has 1 aromatic heterocycles. The number of ketones is 1. The summed E-state index contributed by atoms with van der Waals surface area (Å²) in [6, 6.07) is 15.4. The molecule has 0 spiro atoms. The number of hydrogen-bond donors (Lipinski definition) is 1. The average Bonchev–Trinajstić information content (AvgIpc) is 3.46. The van der Waals surface area contributed by atoms with Gasteiger partial charge in [-0.3, -0.25) is 14.5 Å². The van der Waals surface area contributed by atoms with E-state index >= 15 is 0 Å². The zero-order valence-electron chi connectivity index (χ0n) is 21.2. The molecule has 4 rings (SSSR count). The quantitative estimate of drug-likeness (QED) is 0.226. The summed E-state index contributed by atoms with van der Waals surface area (Å²) in [6.45, 7) is 11.0. The van der Waals surface area contributed by atoms with Crippen molar-refractivity contribution in [2.45, 2.75) is 46.1 Å². The summed E-state index contributed by atoms with van der Waals surface area (Å²) in [7, 11) is 0. The van der Waals surface area contributed by atoms with E-state index in [0.29, 0.717) is 30.2 Å². The minimum Gasteiger partial charge on any atom is -0.507 e. The molecule has 1 fully saturated rings. The smallest absolute Gasteiger partial charge is 0.300 e. The van der Waals surface area contributed by atoms with E-state index in [2.05, 4.69) is 20.8 Å². The number of aliphatic hydroxyl groups excluding tert-OH is 1. The molecular formula is C29H31NO5S. The number of rotatable bonds is 7. The number of ether oxygens (including phenoxy) is 2. The second-order valence-electron chi connectivity index (χ2n) is 9.51. The van der Waals surface area contributed by atoms with Gasteiger partial charge in [0.15, 0.2) is 0 Å². The molecule has 0 aliphatic carbocycles. The Morgan fingerprint density at radius 3 is 2.28 bits per heavy atom. The van der Waals surface area contributed by atoms with E-state index in [9.17, 15) is 14.7 Å². The predicted octanol–water partition coefficient (Wildman–Crippen LogP) is 6.47. The minimum atomic E-state index is -0.743. The largest absolute Gasteiger partial charge is 0.507 e. The van der Waals surface area contributed by atoms with Crippen molar-refractivity contribution in [3.63, 3.8) is 0 Å². The standard InChI is InChI=1S/C29H31NO5S/c1-6-34-20-13-11-19(12-14-20)30-25(23-9-8-16-36-23)24(27(32)28(30)33)26(31)18-10-15-22(35-7-2)21(17-18)29(3,4)5/h8-17,25,31H,6-7H2,1-5H3/b26-24-. The predicted molar refractivity (Wildman–Crippen MR) is 143 cm³/mol. The Morgan fingerprint density at radius 2 is 1.69 bits per heavy atom. The van der Waals surface area contributed by atoms with E-state index < -0.39 is 17.7 Å². The topological polar surface area (TPSA) is 76.1 Å². The Balaban J connectivity index is 1.87. The fraction of sp³-hybridized carbons (Fsp3) is 0.310. The van der Waals surface area contributed by atoms with Crippen LogP contribution in [0.3, 0.4) is 0 Å². The molecule has 1 atom stereocenters. The molecule has 0 radical (unpaired) electrons. The highest BCUT2D eigenvalue weighted by atomic mass is 32.1. The molecule has 7 heteroatoms. The first-order valence-electron chi connectivity index (χ1n) is 12.0. The number of thiophene rings is 1. The highest BCUT2D eigenvalue weighted by Gasteiger charge is 2.47. The van der Waals surface area contributed by atoms with Gasteiger partial charge in [-0.15, -0.1) is 11.3 Å². The van der Waals surface area contributed by atoms with Crippen molar-refractivity contribution in [2.75, 3.05) is 18.1 Å². The first-order valence-corrected chi connectivity index (χ1v) is 12.9. The molecular weight excluding hydrogens is 474 g/mol. The maximum Gasteiger partial charge on any atom is 0.300 e. The van der Waals surface area contributed by atoms with E-state index in [1.54, 1.807) is 30.3 Å². The Labute approximate surface area is 215 Å². The summed E-state index contributed by atoms with van der Waals surface area (Å²) in [4.78, 5) is 28.9. The van der Waals surface area contributed by atoms with Gasteiger partial charge in [0.25, 0.3) is 11.7 Å². The van der Waals surface area contributed by atoms with Crippen LogP contribution in [0.25, 0.3) is 5.76 Å². The Morgan fingerprint density at radius 1 is 1.00 bits per heavy atom. The van der Waals surface area contributed by atoms with Gasteiger partial charge in [-0.05, 0) is 73.2 Å². The SMILES string of the molecule is CCOc1ccc(N2C(=O)C(=O)/C(=C(\O)c3ccc(OCC)c(C(C)(C)C)c3)C2c2cccs2)cc1. The van der Waals surface area contributed by atoms with Crippen molar-refractivity contribution < 1.29 is 24.2 Å². The van der Waals surface area contributed by atoms with Crippen LogP contribution < -0.4 is 14.4 Å². The fourth-order valence-corrected chi connectivity index (χ4v) is 5.21. The molecule has 0 bridgehead atoms. The molecule has 188 valence electrons. The molecule has 36 heavy (non-hydrogen) atoms. The van der Waals surface area contributed by atoms with E-state index in [4.69, 9.17) is 9.47 Å². The number of anilines is 1. The first-order chi connectivity index (χ1) is 17.2. The highest BCUT2D eigenvalue weighted by molar-refractivity contribution is 7.10. The first kappa shape index (κ1) is 25.5. The maximum atomic E-state index is 13.4. The van der Waals surface area contributed by atoms with Gasteiger partial charge in [-0.25, -0.2) is 0 Å². The zero-order valence-corrected chi connectivity index (χ0v) is 22.0. The van der Waals surface area contributed by atoms with Crippen LogP contribution in [0, 0.1) is 0 Å². The van der Waals surface area contributed by atoms with Crippen LogP contribution in [0.1, 0.15) is 56.7 Å². The molecule has 2 heterocycles. The van der Waals surface area contributed by atoms with Crippen LogP contribution in [0.5, 0.6) is 11.5 Å². The van der Waals surface area contributed by atoms with Crippen molar-refractivity contribution >= 4 is 34.5 Å². The van der Waals surface area contributed by atoms with Crippen molar-refractivity contribution in [3.8, 4) is 11.5 Å². The molecule has 6 nitrogen and oxygen atoms in total. The summed E-state index contributed by atoms with van der Waals surface area (Å²) in [5, 5.41) is 13.4. The number of Topliss-reactive ketones (excluding diaryl/α,β-unsaturated/α-hetero) is 1. The third kappa shape index (κ3) is 4.75. The normalized spacial score (nSPS) is 17.5. The lowest BCUT2D eigenvalue weighted by Crippen LogP contribution is -2.29. The van der Waals surface area contributed by atoms with Crippen LogP contribution in [0.4, 0.5) is 5.69 Å². The number of benzene rings is 2. The summed E-state index contributed by atoms with van der Waals surface area (Å²) < 4.78 is 11.3. The lowest BCUT2D eigenvalue weighted by atomic mass is 9.84. The molecule has 1 amide bonds. The lowest BCUT2D eigenvalue weighted by Gasteiger charge is -2.25. The maximum absolute atomic E-state index is 13.4. The molecule has 2 aromatic carbocycles. The minimum absolute atomic E-state index is 0.0698. The van der Waals surface area contributed by atoms with E-state index in [-0.39, 0.29) is 16.7 Å². The van der Waals surface area contributed by atoms with E-state index in [1.807, 2.05) is 43.5 Å². The zero-order chi connectivity index (χ0) is 26.0. The number of aliphatic hydroxyl groups is 1. The monoisotopic (exact) mass is 505 g/mol. The van der Waals surface area contributed by atoms with E-state index in [1.165, 1.54) is 16.2 Å². The third-order valence-electron chi connectivity index (χ3n) is 6.04. The Bertz CT molecular complexity index is 1290. The van der Waals surface area contributed by atoms with Gasteiger partial charge >= 0.3 is 0 Å². The second kappa shape index (κ2) is 10.2. The molecule has 1 aliphatic heterocycles. The molecule has 3 aromatic rings. The lowest BCUT2D eigenvalue weighted by molar-refractivity contribution is -0.132. The summed E-state index contributed by atoms with van der Waals surface area (Å²) in [6.07, 6.45) is 0. The van der Waals surface area contributed by atoms with Crippen molar-refractivity contribution in [1.82, 2.24) is 0 Å². The van der Waals surface area contributed by atoms with Crippen molar-refractivity contribution in [1.29, 1.82) is 0 Å². The van der Waals surface area contributed by atoms with Crippen LogP contribution in [0.15, 0.2) is 65.6 Å². The molecule has 1 N–H and O–H groups in total. The average molecular weight is 506 g/mol. The Hall–Kier alpha value is -3.58.